The molecule has 4 nitrogen and oxygen atoms in total. The molecule has 0 unspecified atom stereocenters. The lowest BCUT2D eigenvalue weighted by Gasteiger charge is -2.06. The summed E-state index contributed by atoms with van der Waals surface area (Å²) in [6, 6.07) is 6.12. The molecule has 0 aliphatic heterocycles. The third-order valence-corrected chi connectivity index (χ3v) is 3.98. The van der Waals surface area contributed by atoms with Crippen molar-refractivity contribution >= 4 is 17.2 Å². The van der Waals surface area contributed by atoms with E-state index >= 15 is 0 Å². The number of nitrogens with zero attached hydrogens (tertiary/aromatic N) is 1. The van der Waals surface area contributed by atoms with E-state index in [0.717, 1.165) is 27.7 Å². The van der Waals surface area contributed by atoms with E-state index in [4.69, 9.17) is 15.9 Å². The van der Waals surface area contributed by atoms with Crippen molar-refractivity contribution in [3.8, 4) is 5.75 Å². The van der Waals surface area contributed by atoms with Crippen LogP contribution in [0.5, 0.6) is 5.75 Å². The predicted octanol–water partition coefficient (Wildman–Crippen LogP) is 3.19. The molecule has 0 radical (unpaired) electrons. The molecular formula is C15H19N3OS. The zero-order valence-corrected chi connectivity index (χ0v) is 12.8. The molecule has 1 heterocycles. The van der Waals surface area contributed by atoms with Crippen LogP contribution in [0, 0.1) is 19.3 Å². The highest BCUT2D eigenvalue weighted by Gasteiger charge is 2.12. The van der Waals surface area contributed by atoms with Gasteiger partial charge < -0.3 is 10.5 Å². The van der Waals surface area contributed by atoms with Gasteiger partial charge in [0.1, 0.15) is 23.2 Å². The number of aromatic nitrogens is 1. The molecule has 0 aliphatic rings. The maximum atomic E-state index is 7.55. The molecule has 0 atom stereocenters. The van der Waals surface area contributed by atoms with E-state index < -0.39 is 0 Å². The number of hydrogen-bond donors (Lipinski definition) is 2. The largest absolute Gasteiger partial charge is 0.486 e. The maximum absolute atomic E-state index is 7.55. The van der Waals surface area contributed by atoms with Gasteiger partial charge in [-0.25, -0.2) is 4.98 Å². The normalized spacial score (nSPS) is 10.6. The van der Waals surface area contributed by atoms with Crippen LogP contribution in [0.4, 0.5) is 0 Å². The van der Waals surface area contributed by atoms with Gasteiger partial charge in [-0.15, -0.1) is 11.3 Å². The summed E-state index contributed by atoms with van der Waals surface area (Å²) in [5.41, 5.74) is 8.80. The predicted molar refractivity (Wildman–Crippen MR) is 82.8 cm³/mol. The van der Waals surface area contributed by atoms with Crippen LogP contribution in [0.15, 0.2) is 18.2 Å². The minimum absolute atomic E-state index is 0.0806. The van der Waals surface area contributed by atoms with Crippen LogP contribution in [0.2, 0.25) is 0 Å². The Bertz CT molecular complexity index is 614. The van der Waals surface area contributed by atoms with E-state index in [9.17, 15) is 0 Å². The molecule has 0 spiro atoms. The highest BCUT2D eigenvalue weighted by Crippen LogP contribution is 2.22. The molecule has 2 rings (SSSR count). The van der Waals surface area contributed by atoms with Gasteiger partial charge in [-0.05, 0) is 43.5 Å². The standard InChI is InChI=1S/C15H19N3OS/c1-4-12-14(15(16)17)20-13(18-12)8-19-11-6-9(2)5-10(3)7-11/h5-7H,4,8H2,1-3H3,(H3,16,17). The summed E-state index contributed by atoms with van der Waals surface area (Å²) < 4.78 is 5.78. The van der Waals surface area contributed by atoms with Crippen molar-refractivity contribution in [3.63, 3.8) is 0 Å². The van der Waals surface area contributed by atoms with Crippen molar-refractivity contribution in [2.75, 3.05) is 0 Å². The lowest BCUT2D eigenvalue weighted by atomic mass is 10.1. The number of ether oxygens (including phenoxy) is 1. The zero-order valence-electron chi connectivity index (χ0n) is 12.0. The van der Waals surface area contributed by atoms with Crippen molar-refractivity contribution in [2.24, 2.45) is 5.73 Å². The first-order chi connectivity index (χ1) is 9.49. The fourth-order valence-electron chi connectivity index (χ4n) is 2.07. The Hall–Kier alpha value is -1.88. The number of nitrogens with one attached hydrogen (secondary N) is 1. The number of aryl methyl sites for hydroxylation is 3. The lowest BCUT2D eigenvalue weighted by molar-refractivity contribution is 0.305. The second-order valence-electron chi connectivity index (χ2n) is 4.76. The summed E-state index contributed by atoms with van der Waals surface area (Å²) in [5, 5.41) is 8.41. The summed E-state index contributed by atoms with van der Waals surface area (Å²) in [7, 11) is 0. The van der Waals surface area contributed by atoms with Crippen molar-refractivity contribution in [1.29, 1.82) is 5.41 Å². The Kier molecular flexibility index (Phi) is 4.39. The molecule has 0 amide bonds. The molecule has 20 heavy (non-hydrogen) atoms. The van der Waals surface area contributed by atoms with Crippen LogP contribution >= 0.6 is 11.3 Å². The van der Waals surface area contributed by atoms with Crippen LogP contribution < -0.4 is 10.5 Å². The molecule has 3 N–H and O–H groups in total. The molecular weight excluding hydrogens is 270 g/mol. The molecule has 106 valence electrons. The van der Waals surface area contributed by atoms with Crippen LogP contribution in [-0.2, 0) is 13.0 Å². The molecule has 0 aliphatic carbocycles. The second kappa shape index (κ2) is 6.05. The van der Waals surface area contributed by atoms with E-state index in [-0.39, 0.29) is 5.84 Å². The van der Waals surface area contributed by atoms with Gasteiger partial charge in [0.05, 0.1) is 10.6 Å². The number of benzene rings is 1. The topological polar surface area (TPSA) is 72.0 Å². The third kappa shape index (κ3) is 3.36. The summed E-state index contributed by atoms with van der Waals surface area (Å²) in [5.74, 6) is 0.928. The lowest BCUT2D eigenvalue weighted by Crippen LogP contribution is -2.11. The number of amidine groups is 1. The van der Waals surface area contributed by atoms with Gasteiger partial charge in [-0.3, -0.25) is 5.41 Å². The highest BCUT2D eigenvalue weighted by molar-refractivity contribution is 7.13. The SMILES string of the molecule is CCc1nc(COc2cc(C)cc(C)c2)sc1C(=N)N. The molecule has 1 aromatic heterocycles. The Morgan fingerprint density at radius 3 is 2.45 bits per heavy atom. The van der Waals surface area contributed by atoms with Gasteiger partial charge in [0.15, 0.2) is 0 Å². The number of hydrogen-bond acceptors (Lipinski definition) is 4. The van der Waals surface area contributed by atoms with Crippen LogP contribution in [-0.4, -0.2) is 10.8 Å². The summed E-state index contributed by atoms with van der Waals surface area (Å²) in [4.78, 5) is 5.24. The third-order valence-electron chi connectivity index (χ3n) is 2.88. The quantitative estimate of drug-likeness (QED) is 0.656. The first-order valence-corrected chi connectivity index (χ1v) is 7.35. The molecule has 0 saturated heterocycles. The minimum Gasteiger partial charge on any atom is -0.486 e. The number of nitrogens with two attached hydrogens (primary N) is 1. The van der Waals surface area contributed by atoms with Crippen molar-refractivity contribution in [1.82, 2.24) is 4.98 Å². The van der Waals surface area contributed by atoms with E-state index in [1.165, 1.54) is 22.5 Å². The second-order valence-corrected chi connectivity index (χ2v) is 5.85. The first-order valence-electron chi connectivity index (χ1n) is 6.53. The Labute approximate surface area is 123 Å². The molecule has 0 fully saturated rings. The molecule has 5 heteroatoms. The van der Waals surface area contributed by atoms with Gasteiger partial charge in [-0.1, -0.05) is 13.0 Å². The van der Waals surface area contributed by atoms with E-state index in [1.807, 2.05) is 32.9 Å². The fraction of sp³-hybridized carbons (Fsp3) is 0.333. The number of nitrogen functional groups attached to an aromatic ring is 1. The minimum atomic E-state index is 0.0806. The average molecular weight is 289 g/mol. The van der Waals surface area contributed by atoms with E-state index in [2.05, 4.69) is 11.1 Å². The molecule has 0 saturated carbocycles. The monoisotopic (exact) mass is 289 g/mol. The van der Waals surface area contributed by atoms with Gasteiger partial charge in [0.25, 0.3) is 0 Å². The van der Waals surface area contributed by atoms with Gasteiger partial charge in [0, 0.05) is 0 Å². The van der Waals surface area contributed by atoms with E-state index in [1.54, 1.807) is 0 Å². The van der Waals surface area contributed by atoms with E-state index in [0.29, 0.717) is 6.61 Å². The molecule has 2 aromatic rings. The van der Waals surface area contributed by atoms with Crippen molar-refractivity contribution in [2.45, 2.75) is 33.8 Å². The van der Waals surface area contributed by atoms with Crippen molar-refractivity contribution in [3.05, 3.63) is 44.9 Å². The maximum Gasteiger partial charge on any atom is 0.140 e. The fourth-order valence-corrected chi connectivity index (χ4v) is 3.00. The van der Waals surface area contributed by atoms with Gasteiger partial charge in [-0.2, -0.15) is 0 Å². The number of thiazole rings is 1. The summed E-state index contributed by atoms with van der Waals surface area (Å²) >= 11 is 1.43. The van der Waals surface area contributed by atoms with Crippen molar-refractivity contribution < 1.29 is 4.74 Å². The van der Waals surface area contributed by atoms with Crippen LogP contribution in [0.3, 0.4) is 0 Å². The Morgan fingerprint density at radius 2 is 1.95 bits per heavy atom. The first kappa shape index (κ1) is 14.5. The Balaban J connectivity index is 2.12. The average Bonchev–Trinajstić information content (AvgIpc) is 2.78. The smallest absolute Gasteiger partial charge is 0.140 e. The van der Waals surface area contributed by atoms with Crippen LogP contribution in [0.1, 0.15) is 33.6 Å². The molecule has 1 aromatic carbocycles. The zero-order chi connectivity index (χ0) is 14.7. The number of rotatable bonds is 5. The van der Waals surface area contributed by atoms with Crippen LogP contribution in [0.25, 0.3) is 0 Å². The highest BCUT2D eigenvalue weighted by atomic mass is 32.1. The van der Waals surface area contributed by atoms with Gasteiger partial charge >= 0.3 is 0 Å². The summed E-state index contributed by atoms with van der Waals surface area (Å²) in [6.45, 7) is 6.52. The van der Waals surface area contributed by atoms with Gasteiger partial charge in [0.2, 0.25) is 0 Å². The Morgan fingerprint density at radius 1 is 1.30 bits per heavy atom. The molecule has 0 bridgehead atoms. The summed E-state index contributed by atoms with van der Waals surface area (Å²) in [6.07, 6.45) is 0.773.